The number of imidazole rings is 1. The fourth-order valence-corrected chi connectivity index (χ4v) is 2.00. The third-order valence-corrected chi connectivity index (χ3v) is 2.89. The first-order valence-corrected chi connectivity index (χ1v) is 5.74. The van der Waals surface area contributed by atoms with Gasteiger partial charge in [0.15, 0.2) is 11.5 Å². The van der Waals surface area contributed by atoms with Crippen LogP contribution in [-0.4, -0.2) is 38.7 Å². The minimum absolute atomic E-state index is 0.0811. The van der Waals surface area contributed by atoms with Crippen molar-refractivity contribution in [1.29, 1.82) is 0 Å². The molecule has 0 radical (unpaired) electrons. The van der Waals surface area contributed by atoms with E-state index in [-0.39, 0.29) is 23.5 Å². The molecule has 1 saturated carbocycles. The van der Waals surface area contributed by atoms with Gasteiger partial charge < -0.3 is 15.6 Å². The molecule has 2 heterocycles. The molecule has 0 bridgehead atoms. The molecule has 2 aromatic heterocycles. The molecule has 0 unspecified atom stereocenters. The van der Waals surface area contributed by atoms with E-state index in [9.17, 15) is 13.2 Å². The number of halogens is 3. The molecule has 0 aromatic carbocycles. The molecule has 0 saturated heterocycles. The van der Waals surface area contributed by atoms with Crippen molar-refractivity contribution in [3.05, 3.63) is 6.33 Å². The molecule has 0 atom stereocenters. The average Bonchev–Trinajstić information content (AvgIpc) is 3.03. The van der Waals surface area contributed by atoms with E-state index in [4.69, 9.17) is 5.73 Å². The van der Waals surface area contributed by atoms with Crippen LogP contribution >= 0.6 is 0 Å². The molecule has 1 aliphatic rings. The van der Waals surface area contributed by atoms with Crippen LogP contribution in [0.4, 0.5) is 24.9 Å². The second kappa shape index (κ2) is 3.97. The molecule has 0 amide bonds. The van der Waals surface area contributed by atoms with E-state index in [1.54, 1.807) is 0 Å². The number of aromatic amines is 1. The first kappa shape index (κ1) is 12.0. The molecular formula is C10H11F3N6. The highest BCUT2D eigenvalue weighted by Crippen LogP contribution is 2.35. The van der Waals surface area contributed by atoms with Crippen molar-refractivity contribution >= 4 is 22.9 Å². The van der Waals surface area contributed by atoms with Crippen molar-refractivity contribution in [3.63, 3.8) is 0 Å². The molecule has 2 aromatic rings. The van der Waals surface area contributed by atoms with Gasteiger partial charge in [0.1, 0.15) is 12.1 Å². The quantitative estimate of drug-likeness (QED) is 0.883. The molecule has 3 rings (SSSR count). The second-order valence-corrected chi connectivity index (χ2v) is 4.48. The van der Waals surface area contributed by atoms with Crippen LogP contribution in [0, 0.1) is 0 Å². The first-order valence-electron chi connectivity index (χ1n) is 5.74. The Bertz CT molecular complexity index is 603. The van der Waals surface area contributed by atoms with Crippen LogP contribution in [0.3, 0.4) is 0 Å². The highest BCUT2D eigenvalue weighted by Gasteiger charge is 2.39. The summed E-state index contributed by atoms with van der Waals surface area (Å²) in [6, 6.07) is -0.151. The van der Waals surface area contributed by atoms with Gasteiger partial charge >= 0.3 is 6.18 Å². The Morgan fingerprint density at radius 1 is 1.37 bits per heavy atom. The van der Waals surface area contributed by atoms with Crippen molar-refractivity contribution in [2.45, 2.75) is 25.1 Å². The van der Waals surface area contributed by atoms with Gasteiger partial charge in [-0.1, -0.05) is 0 Å². The van der Waals surface area contributed by atoms with Gasteiger partial charge in [0.2, 0.25) is 5.95 Å². The van der Waals surface area contributed by atoms with Crippen molar-refractivity contribution in [2.24, 2.45) is 0 Å². The minimum atomic E-state index is -4.30. The van der Waals surface area contributed by atoms with E-state index in [2.05, 4.69) is 19.9 Å². The largest absolute Gasteiger partial charge is 0.405 e. The van der Waals surface area contributed by atoms with Gasteiger partial charge in [0, 0.05) is 6.04 Å². The number of nitrogens with one attached hydrogen (secondary N) is 1. The predicted molar refractivity (Wildman–Crippen MR) is 62.5 cm³/mol. The van der Waals surface area contributed by atoms with Gasteiger partial charge in [-0.2, -0.15) is 23.1 Å². The van der Waals surface area contributed by atoms with Crippen LogP contribution in [-0.2, 0) is 0 Å². The lowest BCUT2D eigenvalue weighted by molar-refractivity contribution is -0.120. The molecule has 1 fully saturated rings. The second-order valence-electron chi connectivity index (χ2n) is 4.48. The number of alkyl halides is 3. The molecule has 0 spiro atoms. The lowest BCUT2D eigenvalue weighted by atomic mass is 10.4. The predicted octanol–water partition coefficient (Wildman–Crippen LogP) is 1.47. The van der Waals surface area contributed by atoms with Crippen LogP contribution in [0.2, 0.25) is 0 Å². The number of nitrogens with zero attached hydrogens (tertiary/aromatic N) is 4. The standard InChI is InChI=1S/C10H11F3N6/c11-10(12,13)3-19(5-1-2-5)8-6-7(16-4-15-6)17-9(14)18-8/h4-5H,1-3H2,(H3,14,15,16,17,18). The number of hydrogen-bond acceptors (Lipinski definition) is 5. The number of nitrogen functional groups attached to an aromatic ring is 1. The van der Waals surface area contributed by atoms with Crippen LogP contribution < -0.4 is 10.6 Å². The van der Waals surface area contributed by atoms with Crippen molar-refractivity contribution in [1.82, 2.24) is 19.9 Å². The molecule has 1 aliphatic carbocycles. The van der Waals surface area contributed by atoms with Crippen molar-refractivity contribution in [2.75, 3.05) is 17.2 Å². The number of anilines is 2. The minimum Gasteiger partial charge on any atom is -0.368 e. The summed E-state index contributed by atoms with van der Waals surface area (Å²) in [7, 11) is 0. The maximum absolute atomic E-state index is 12.7. The number of H-pyrrole nitrogens is 1. The zero-order chi connectivity index (χ0) is 13.6. The van der Waals surface area contributed by atoms with E-state index in [1.165, 1.54) is 11.2 Å². The zero-order valence-electron chi connectivity index (χ0n) is 9.78. The van der Waals surface area contributed by atoms with E-state index in [0.717, 1.165) is 12.8 Å². The van der Waals surface area contributed by atoms with Crippen LogP contribution in [0.25, 0.3) is 11.2 Å². The summed E-state index contributed by atoms with van der Waals surface area (Å²) in [6.07, 6.45) is -1.50. The number of fused-ring (bicyclic) bond motifs is 1. The third kappa shape index (κ3) is 2.40. The Hall–Kier alpha value is -2.06. The highest BCUT2D eigenvalue weighted by molar-refractivity contribution is 5.84. The summed E-state index contributed by atoms with van der Waals surface area (Å²) in [5.74, 6) is 0.0854. The maximum atomic E-state index is 12.7. The van der Waals surface area contributed by atoms with Crippen LogP contribution in [0.15, 0.2) is 6.33 Å². The van der Waals surface area contributed by atoms with Crippen molar-refractivity contribution in [3.8, 4) is 0 Å². The summed E-state index contributed by atoms with van der Waals surface area (Å²) in [5.41, 5.74) is 6.18. The SMILES string of the molecule is Nc1nc(N(CC(F)(F)F)C2CC2)c2[nH]cnc2n1. The Morgan fingerprint density at radius 3 is 2.74 bits per heavy atom. The lowest BCUT2D eigenvalue weighted by Gasteiger charge is -2.25. The topological polar surface area (TPSA) is 83.7 Å². The van der Waals surface area contributed by atoms with E-state index in [0.29, 0.717) is 5.52 Å². The smallest absolute Gasteiger partial charge is 0.368 e. The van der Waals surface area contributed by atoms with E-state index >= 15 is 0 Å². The normalized spacial score (nSPS) is 15.9. The molecule has 0 aliphatic heterocycles. The van der Waals surface area contributed by atoms with Gasteiger partial charge in [-0.25, -0.2) is 4.98 Å². The summed E-state index contributed by atoms with van der Waals surface area (Å²) < 4.78 is 38.0. The Labute approximate surface area is 105 Å². The molecule has 9 heteroatoms. The monoisotopic (exact) mass is 272 g/mol. The van der Waals surface area contributed by atoms with Gasteiger partial charge in [-0.15, -0.1) is 0 Å². The molecular weight excluding hydrogens is 261 g/mol. The van der Waals surface area contributed by atoms with E-state index in [1.807, 2.05) is 0 Å². The summed E-state index contributed by atoms with van der Waals surface area (Å²) >= 11 is 0. The molecule has 19 heavy (non-hydrogen) atoms. The van der Waals surface area contributed by atoms with E-state index < -0.39 is 12.7 Å². The Kier molecular flexibility index (Phi) is 2.51. The van der Waals surface area contributed by atoms with Gasteiger partial charge in [-0.05, 0) is 12.8 Å². The zero-order valence-corrected chi connectivity index (χ0v) is 9.78. The maximum Gasteiger partial charge on any atom is 0.405 e. The van der Waals surface area contributed by atoms with Crippen LogP contribution in [0.5, 0.6) is 0 Å². The molecule has 3 N–H and O–H groups in total. The fraction of sp³-hybridized carbons (Fsp3) is 0.500. The average molecular weight is 272 g/mol. The summed E-state index contributed by atoms with van der Waals surface area (Å²) in [5, 5.41) is 0. The summed E-state index contributed by atoms with van der Waals surface area (Å²) in [4.78, 5) is 15.7. The highest BCUT2D eigenvalue weighted by atomic mass is 19.4. The van der Waals surface area contributed by atoms with Crippen LogP contribution in [0.1, 0.15) is 12.8 Å². The summed E-state index contributed by atoms with van der Waals surface area (Å²) in [6.45, 7) is -1.05. The first-order chi connectivity index (χ1) is 8.94. The Balaban J connectivity index is 2.06. The number of hydrogen-bond donors (Lipinski definition) is 2. The van der Waals surface area contributed by atoms with Gasteiger partial charge in [0.05, 0.1) is 6.33 Å². The number of nitrogens with two attached hydrogens (primary N) is 1. The number of rotatable bonds is 3. The van der Waals surface area contributed by atoms with Gasteiger partial charge in [0.25, 0.3) is 0 Å². The lowest BCUT2D eigenvalue weighted by Crippen LogP contribution is -2.36. The fourth-order valence-electron chi connectivity index (χ4n) is 2.00. The Morgan fingerprint density at radius 2 is 2.11 bits per heavy atom. The molecule has 6 nitrogen and oxygen atoms in total. The van der Waals surface area contributed by atoms with Gasteiger partial charge in [-0.3, -0.25) is 0 Å². The van der Waals surface area contributed by atoms with Crippen molar-refractivity contribution < 1.29 is 13.2 Å². The molecule has 102 valence electrons. The number of aromatic nitrogens is 4. The third-order valence-electron chi connectivity index (χ3n) is 2.89.